The molecule has 2 aliphatic rings. The predicted molar refractivity (Wildman–Crippen MR) is 480 cm³/mol. The minimum atomic E-state index is -2.74. The van der Waals surface area contributed by atoms with Crippen LogP contribution in [0.3, 0.4) is 0 Å². The maximum absolute atomic E-state index is 10.5. The van der Waals surface area contributed by atoms with Crippen LogP contribution in [0.25, 0.3) is 0 Å². The van der Waals surface area contributed by atoms with Crippen LogP contribution in [-0.2, 0) is 120 Å². The molecular weight excluding hydrogens is 2040 g/mol. The van der Waals surface area contributed by atoms with Crippen LogP contribution in [0.1, 0.15) is 78.6 Å². The molecule has 0 saturated carbocycles. The van der Waals surface area contributed by atoms with E-state index in [2.05, 4.69) is 41.4 Å². The lowest BCUT2D eigenvalue weighted by Gasteiger charge is -2.18. The second-order valence-electron chi connectivity index (χ2n) is 25.4. The average Bonchev–Trinajstić information content (AvgIpc) is 1.52. The fourth-order valence-electron chi connectivity index (χ4n) is 7.81. The summed E-state index contributed by atoms with van der Waals surface area (Å²) >= 11 is 15.5. The molecule has 62 heteroatoms. The van der Waals surface area contributed by atoms with Crippen molar-refractivity contribution >= 4 is 204 Å². The molecule has 0 aromatic heterocycles. The third kappa shape index (κ3) is 105. The minimum absolute atomic E-state index is 0.0900. The van der Waals surface area contributed by atoms with Gasteiger partial charge in [0.1, 0.15) is 52.3 Å². The van der Waals surface area contributed by atoms with E-state index in [1.807, 2.05) is 6.07 Å². The number of ketones is 1. The number of Topliss-reactive ketones (excluding diaryl/α,β-unsaturated/α-hetero) is 1. The van der Waals surface area contributed by atoms with Crippen molar-refractivity contribution in [2.45, 2.75) is 108 Å². The highest BCUT2D eigenvalue weighted by Crippen LogP contribution is 2.21. The molecule has 28 N–H and O–H groups in total. The van der Waals surface area contributed by atoms with Gasteiger partial charge < -0.3 is 158 Å². The highest BCUT2D eigenvalue weighted by molar-refractivity contribution is 9.10. The fourth-order valence-corrected chi connectivity index (χ4v) is 9.78. The molecule has 784 valence electrons. The molecule has 5 rings (SSSR count). The number of rotatable bonds is 46. The number of benzene rings is 3. The Morgan fingerprint density at radius 1 is 0.496 bits per heavy atom. The van der Waals surface area contributed by atoms with Gasteiger partial charge in [0.15, 0.2) is 30.7 Å². The number of aliphatic carboxylic acids is 20. The first kappa shape index (κ1) is 141. The maximum atomic E-state index is 10.5. The molecule has 2 fully saturated rings. The van der Waals surface area contributed by atoms with E-state index < -0.39 is 200 Å². The normalized spacial score (nSPS) is 12.1. The number of hydrogen-bond donors (Lipinski definition) is 27. The summed E-state index contributed by atoms with van der Waals surface area (Å²) in [7, 11) is 0. The number of hydrogen-bond acceptors (Lipinski definition) is 39. The van der Waals surface area contributed by atoms with E-state index in [9.17, 15) is 110 Å². The Bertz CT molecular complexity index is 4180. The third-order valence-corrected chi connectivity index (χ3v) is 16.8. The Kier molecular flexibility index (Phi) is 88.1. The van der Waals surface area contributed by atoms with Gasteiger partial charge in [0, 0.05) is 36.1 Å². The van der Waals surface area contributed by atoms with Gasteiger partial charge in [-0.25, -0.2) is 33.6 Å². The fraction of sp³-hybridized carbons (Fsp3) is 0.455. The van der Waals surface area contributed by atoms with E-state index in [0.29, 0.717) is 26.7 Å². The number of thioether (sulfide) groups is 2. The van der Waals surface area contributed by atoms with Crippen LogP contribution in [0, 0.1) is 0 Å². The van der Waals surface area contributed by atoms with Crippen LogP contribution < -0.4 is 35.9 Å². The Morgan fingerprint density at radius 3 is 1.21 bits per heavy atom. The van der Waals surface area contributed by atoms with Gasteiger partial charge in [-0.15, -0.1) is 0 Å². The molecule has 139 heavy (non-hydrogen) atoms. The zero-order valence-electron chi connectivity index (χ0n) is 73.6. The van der Waals surface area contributed by atoms with Crippen LogP contribution >= 0.6 is 63.3 Å². The van der Waals surface area contributed by atoms with Gasteiger partial charge in [-0.3, -0.25) is 91.8 Å². The van der Waals surface area contributed by atoms with Gasteiger partial charge in [0.25, 0.3) is 6.10 Å². The lowest BCUT2D eigenvalue weighted by molar-refractivity contribution is -0.170. The SMILES string of the molecule is CC(=O)OCC(=O)O.CC(Oc1cccc(Cl)c1)C(=O)O.CCOCC(=O)O.NC(=O)CN(CC(=O)O)CC(=O)O.O=C(O)C(Oc1ccc(Br)cc1)C(=O)O.O=C(O)C1CCCCN1.O=C(O)C1CCCN1.O=C(O)CC(=O)CC(=O)O.O=C(O)CC(O)(CC(=O)O)C(=O)O.O=C(O)CN(CCO)CCO.O=C(O)CNCC(=O)O.O=C(O)COc1ccccc1.O=C(O)CSC(=S)SCC(=O)O. The number of para-hydroxylation sites is 1. The highest BCUT2D eigenvalue weighted by Gasteiger charge is 2.41. The lowest BCUT2D eigenvalue weighted by Crippen LogP contribution is -2.42. The monoisotopic (exact) mass is 2140 g/mol. The number of halogens is 2. The van der Waals surface area contributed by atoms with Crippen molar-refractivity contribution in [3.8, 4) is 17.2 Å². The number of amides is 1. The Balaban J connectivity index is -0.000000224. The van der Waals surface area contributed by atoms with Crippen molar-refractivity contribution in [2.24, 2.45) is 5.73 Å². The van der Waals surface area contributed by atoms with Crippen LogP contribution in [0.2, 0.25) is 5.02 Å². The molecule has 2 aliphatic heterocycles. The van der Waals surface area contributed by atoms with Crippen molar-refractivity contribution in [3.63, 3.8) is 0 Å². The number of carbonyl (C=O) groups is 23. The molecule has 3 aromatic rings. The largest absolute Gasteiger partial charge is 0.482 e. The van der Waals surface area contributed by atoms with Crippen molar-refractivity contribution in [1.82, 2.24) is 25.8 Å². The quantitative estimate of drug-likeness (QED) is 0.0177. The first-order chi connectivity index (χ1) is 64.4. The number of thiocarbonyl (C=S) groups is 1. The molecular formula is C77H108BrClN6O51S3. The number of ether oxygens (including phenoxy) is 5. The molecule has 3 unspecified atom stereocenters. The van der Waals surface area contributed by atoms with E-state index in [1.54, 1.807) is 67.6 Å². The molecule has 2 heterocycles. The van der Waals surface area contributed by atoms with Gasteiger partial charge >= 0.3 is 125 Å². The van der Waals surface area contributed by atoms with Gasteiger partial charge in [0.2, 0.25) is 5.91 Å². The van der Waals surface area contributed by atoms with Crippen LogP contribution in [0.15, 0.2) is 83.3 Å². The molecule has 3 atom stereocenters. The molecule has 0 bridgehead atoms. The Labute approximate surface area is 813 Å². The number of esters is 1. The first-order valence-electron chi connectivity index (χ1n) is 38.3. The topological polar surface area (TPSA) is 973 Å². The van der Waals surface area contributed by atoms with E-state index >= 15 is 0 Å². The van der Waals surface area contributed by atoms with Gasteiger partial charge in [-0.05, 0) is 107 Å². The summed E-state index contributed by atoms with van der Waals surface area (Å²) in [6.45, 7) is 3.74. The summed E-state index contributed by atoms with van der Waals surface area (Å²) in [5, 5.41) is 199. The van der Waals surface area contributed by atoms with Crippen molar-refractivity contribution < 1.29 is 251 Å². The number of nitrogens with one attached hydrogen (secondary N) is 3. The Morgan fingerprint density at radius 2 is 0.914 bits per heavy atom. The molecule has 2 saturated heterocycles. The zero-order chi connectivity index (χ0) is 109. The van der Waals surface area contributed by atoms with E-state index in [-0.39, 0.29) is 95.0 Å². The molecule has 1 amide bonds. The van der Waals surface area contributed by atoms with Crippen LogP contribution in [0.5, 0.6) is 17.2 Å². The maximum Gasteiger partial charge on any atom is 0.356 e. The summed E-state index contributed by atoms with van der Waals surface area (Å²) in [5.74, 6) is -24.7. The zero-order valence-corrected chi connectivity index (χ0v) is 78.4. The summed E-state index contributed by atoms with van der Waals surface area (Å²) < 4.78 is 24.4. The number of nitrogens with zero attached hydrogens (tertiary/aromatic N) is 2. The number of nitrogens with two attached hydrogens (primary N) is 1. The van der Waals surface area contributed by atoms with Crippen LogP contribution in [-0.4, -0.2) is 414 Å². The second kappa shape index (κ2) is 87.1. The highest BCUT2D eigenvalue weighted by atomic mass is 79.9. The lowest BCUT2D eigenvalue weighted by atomic mass is 9.96. The Hall–Kier alpha value is -13.7. The molecule has 0 aliphatic carbocycles. The third-order valence-electron chi connectivity index (χ3n) is 13.3. The van der Waals surface area contributed by atoms with E-state index in [0.717, 1.165) is 85.0 Å². The van der Waals surface area contributed by atoms with Gasteiger partial charge in [-0.1, -0.05) is 94.0 Å². The first-order valence-corrected chi connectivity index (χ1v) is 41.8. The summed E-state index contributed by atoms with van der Waals surface area (Å²) in [5.41, 5.74) is 2.04. The molecule has 0 radical (unpaired) electrons. The van der Waals surface area contributed by atoms with Crippen LogP contribution in [0.4, 0.5) is 0 Å². The summed E-state index contributed by atoms with van der Waals surface area (Å²) in [4.78, 5) is 234. The molecule has 0 spiro atoms. The predicted octanol–water partition coefficient (Wildman–Crippen LogP) is -1.31. The van der Waals surface area contributed by atoms with Gasteiger partial charge in [-0.2, -0.15) is 0 Å². The number of aliphatic hydroxyl groups excluding tert-OH is 2. The van der Waals surface area contributed by atoms with E-state index in [1.165, 1.54) is 24.0 Å². The number of aliphatic hydroxyl groups is 3. The van der Waals surface area contributed by atoms with Crippen molar-refractivity contribution in [3.05, 3.63) is 88.4 Å². The molecule has 57 nitrogen and oxygen atoms in total. The van der Waals surface area contributed by atoms with E-state index in [4.69, 9.17) is 161 Å². The second-order valence-corrected chi connectivity index (χ2v) is 29.9. The minimum Gasteiger partial charge on any atom is -0.482 e. The standard InChI is InChI=1S/C9H7BrO5.C9H9ClO3.C8H8O3.C6H10N2O5.C6H13NO4.C6H11NO2.C6H8O7.C5H9NO2.C5H6O5.C5H6O4S3.C4H7NO4.C4H6O4.C4H8O3/c10-5-1-3-6(4-2-5)15-7(8(11)12)9(13)14;1-6(9(11)12)13-8-4-2-3-7(10)5-8;9-8(10)6-11-7-4-2-1-3-5-7;7-4(9)1-8(2-5(10)11)3-6(12)13;8-3-1-7(2-4-9)5-6(10)11;8-6(9)5-3-1-2-4-7-5;7-3(8)1-6(13,5(11)12)2-4(9)10;7-5(8)4-2-1-3-6-4;6-3(1-4(7)8)2-5(9)10;6-3(7)1-11-5(10)12-2-4(8)9;6-3(7)1-5-2-4(8)9;1-3(5)8-2-4(6)7;1-2-7-3-4(5)6/h1-4,7H,(H,11,12)(H,13,14);2-6H,1H3,(H,11,12);1-5H,6H2,(H,9,10);1-3H2,(H2,7,9)(H,10,11)(H,12,13);8-9H,1-5H2,(H,10,11);5,7H,1-4H2,(H,8,9);13H,1-2H2,(H,7,8)(H,9,10)(H,11,12);4,6H,1-3H2,(H,7,8);1-2H2,(H,7,8)(H,9,10);1-2H2,(H,6,7)(H,8,9);5H,1-2H2,(H,6,7)(H,8,9);2H2,1H3,(H,6,7);2-3H2,1H3,(H,5,6). The molecule has 3 aromatic carbocycles. The van der Waals surface area contributed by atoms with Crippen molar-refractivity contribution in [1.29, 1.82) is 0 Å². The average molecular weight is 2150 g/mol. The summed E-state index contributed by atoms with van der Waals surface area (Å²) in [6.07, 6.45) is -1.73. The number of primary amides is 1. The van der Waals surface area contributed by atoms with Gasteiger partial charge in [0.05, 0.1) is 76.8 Å². The van der Waals surface area contributed by atoms with Crippen molar-refractivity contribution in [2.75, 3.05) is 117 Å². The number of piperidine rings is 1. The number of carbonyl (C=O) groups excluding carboxylic acids is 3. The number of carboxylic acids is 20. The summed E-state index contributed by atoms with van der Waals surface area (Å²) in [6, 6.07) is 21.1. The smallest absolute Gasteiger partial charge is 0.356 e. The number of carboxylic acid groups (broad SMARTS) is 20.